The van der Waals surface area contributed by atoms with Gasteiger partial charge in [0, 0.05) is 0 Å². The van der Waals surface area contributed by atoms with Crippen molar-refractivity contribution in [3.63, 3.8) is 0 Å². The molecule has 0 bridgehead atoms. The number of hydrogen-bond donors (Lipinski definition) is 0. The van der Waals surface area contributed by atoms with E-state index < -0.39 is 0 Å². The van der Waals surface area contributed by atoms with Gasteiger partial charge in [-0.1, -0.05) is 143 Å². The number of rotatable bonds is 24. The summed E-state index contributed by atoms with van der Waals surface area (Å²) >= 11 is 0. The van der Waals surface area contributed by atoms with Crippen LogP contribution in [-0.4, -0.2) is 12.6 Å². The summed E-state index contributed by atoms with van der Waals surface area (Å²) in [6.45, 7) is 7.36. The van der Waals surface area contributed by atoms with Gasteiger partial charge in [0.25, 0.3) is 0 Å². The van der Waals surface area contributed by atoms with Crippen LogP contribution in [0.3, 0.4) is 0 Å². The van der Waals surface area contributed by atoms with Crippen LogP contribution in [0.5, 0.6) is 0 Å². The predicted octanol–water partition coefficient (Wildman–Crippen LogP) is 9.79. The molecule has 0 aliphatic heterocycles. The summed E-state index contributed by atoms with van der Waals surface area (Å²) in [5.41, 5.74) is 0. The average molecular weight is 425 g/mol. The Kier molecular flexibility index (Phi) is 24.3. The zero-order valence-electron chi connectivity index (χ0n) is 21.2. The van der Waals surface area contributed by atoms with Crippen molar-refractivity contribution >= 4 is 5.97 Å². The molecule has 2 heteroatoms. The first kappa shape index (κ1) is 29.5. The van der Waals surface area contributed by atoms with Gasteiger partial charge in [0.15, 0.2) is 0 Å². The molecule has 0 aromatic rings. The van der Waals surface area contributed by atoms with Crippen molar-refractivity contribution in [3.8, 4) is 0 Å². The molecule has 2 nitrogen and oxygen atoms in total. The van der Waals surface area contributed by atoms with Crippen LogP contribution in [-0.2, 0) is 9.53 Å². The molecule has 0 aromatic carbocycles. The van der Waals surface area contributed by atoms with Gasteiger partial charge in [-0.25, -0.2) is 0 Å². The van der Waals surface area contributed by atoms with Gasteiger partial charge >= 0.3 is 5.97 Å². The van der Waals surface area contributed by atoms with Crippen LogP contribution in [0.15, 0.2) is 0 Å². The summed E-state index contributed by atoms with van der Waals surface area (Å²) in [7, 11) is 0. The van der Waals surface area contributed by atoms with Crippen molar-refractivity contribution in [1.29, 1.82) is 0 Å². The summed E-state index contributed by atoms with van der Waals surface area (Å²) in [5.74, 6) is 0.225. The molecule has 0 amide bonds. The van der Waals surface area contributed by atoms with Crippen LogP contribution in [0.1, 0.15) is 162 Å². The largest absolute Gasteiger partial charge is 0.465 e. The van der Waals surface area contributed by atoms with Crippen LogP contribution in [0.2, 0.25) is 0 Å². The van der Waals surface area contributed by atoms with Gasteiger partial charge in [0.2, 0.25) is 0 Å². The lowest BCUT2D eigenvalue weighted by atomic mass is 9.95. The number of carbonyl (C=O) groups is 1. The lowest BCUT2D eigenvalue weighted by Crippen LogP contribution is -2.18. The first-order chi connectivity index (χ1) is 14.8. The third kappa shape index (κ3) is 20.7. The van der Waals surface area contributed by atoms with E-state index in [4.69, 9.17) is 4.74 Å². The van der Waals surface area contributed by atoms with E-state index in [2.05, 4.69) is 20.8 Å². The number of unbranched alkanes of at least 4 members (excludes halogenated alkanes) is 17. The summed E-state index contributed by atoms with van der Waals surface area (Å²) in [4.78, 5) is 12.4. The maximum absolute atomic E-state index is 12.4. The second-order valence-corrected chi connectivity index (χ2v) is 9.45. The van der Waals surface area contributed by atoms with E-state index in [0.717, 1.165) is 32.1 Å². The average Bonchev–Trinajstić information content (AvgIpc) is 2.75. The maximum atomic E-state index is 12.4. The lowest BCUT2D eigenvalue weighted by molar-refractivity contribution is -0.149. The fraction of sp³-hybridized carbons (Fsp3) is 0.964. The molecule has 0 radical (unpaired) electrons. The number of esters is 1. The standard InChI is InChI=1S/C28H56O2/c1-4-7-10-12-13-14-15-16-17-18-19-20-21-23-26-30-28(29)27(24-9-6-3)25-22-11-8-5-2/h27H,4-26H2,1-3H3. The molecule has 180 valence electrons. The Balaban J connectivity index is 3.51. The second-order valence-electron chi connectivity index (χ2n) is 9.45. The van der Waals surface area contributed by atoms with E-state index in [9.17, 15) is 4.79 Å². The molecule has 0 saturated heterocycles. The molecule has 30 heavy (non-hydrogen) atoms. The summed E-state index contributed by atoms with van der Waals surface area (Å²) in [5, 5.41) is 0. The highest BCUT2D eigenvalue weighted by Crippen LogP contribution is 2.19. The van der Waals surface area contributed by atoms with E-state index in [1.54, 1.807) is 0 Å². The van der Waals surface area contributed by atoms with Crippen LogP contribution < -0.4 is 0 Å². The number of carbonyl (C=O) groups excluding carboxylic acids is 1. The van der Waals surface area contributed by atoms with Crippen molar-refractivity contribution in [2.75, 3.05) is 6.61 Å². The summed E-state index contributed by atoms with van der Waals surface area (Å²) in [6, 6.07) is 0. The van der Waals surface area contributed by atoms with Gasteiger partial charge in [-0.2, -0.15) is 0 Å². The highest BCUT2D eigenvalue weighted by molar-refractivity contribution is 5.72. The molecular weight excluding hydrogens is 368 g/mol. The third-order valence-electron chi connectivity index (χ3n) is 6.39. The molecule has 1 unspecified atom stereocenters. The highest BCUT2D eigenvalue weighted by atomic mass is 16.5. The summed E-state index contributed by atoms with van der Waals surface area (Å²) < 4.78 is 5.63. The van der Waals surface area contributed by atoms with E-state index in [1.165, 1.54) is 109 Å². The van der Waals surface area contributed by atoms with Crippen molar-refractivity contribution in [2.45, 2.75) is 162 Å². The van der Waals surface area contributed by atoms with E-state index >= 15 is 0 Å². The molecule has 0 saturated carbocycles. The van der Waals surface area contributed by atoms with Gasteiger partial charge < -0.3 is 4.74 Å². The van der Waals surface area contributed by atoms with Gasteiger partial charge in [-0.05, 0) is 19.3 Å². The molecule has 0 aromatic heterocycles. The molecule has 0 heterocycles. The minimum atomic E-state index is 0.0784. The van der Waals surface area contributed by atoms with Crippen LogP contribution >= 0.6 is 0 Å². The zero-order chi connectivity index (χ0) is 22.1. The van der Waals surface area contributed by atoms with Crippen molar-refractivity contribution in [2.24, 2.45) is 5.92 Å². The van der Waals surface area contributed by atoms with E-state index in [-0.39, 0.29) is 11.9 Å². The van der Waals surface area contributed by atoms with Gasteiger partial charge in [0.05, 0.1) is 12.5 Å². The van der Waals surface area contributed by atoms with Gasteiger partial charge in [-0.3, -0.25) is 4.79 Å². The lowest BCUT2D eigenvalue weighted by Gasteiger charge is -2.15. The predicted molar refractivity (Wildman–Crippen MR) is 133 cm³/mol. The van der Waals surface area contributed by atoms with Crippen molar-refractivity contribution in [1.82, 2.24) is 0 Å². The smallest absolute Gasteiger partial charge is 0.308 e. The molecule has 0 aliphatic rings. The Morgan fingerprint density at radius 1 is 0.500 bits per heavy atom. The Morgan fingerprint density at radius 2 is 0.867 bits per heavy atom. The molecule has 0 rings (SSSR count). The minimum Gasteiger partial charge on any atom is -0.465 e. The molecule has 1 atom stereocenters. The van der Waals surface area contributed by atoms with E-state index in [0.29, 0.717) is 6.61 Å². The van der Waals surface area contributed by atoms with Crippen LogP contribution in [0.25, 0.3) is 0 Å². The Labute approximate surface area is 190 Å². The van der Waals surface area contributed by atoms with E-state index in [1.807, 2.05) is 0 Å². The third-order valence-corrected chi connectivity index (χ3v) is 6.39. The number of ether oxygens (including phenoxy) is 1. The fourth-order valence-corrected chi connectivity index (χ4v) is 4.24. The van der Waals surface area contributed by atoms with Gasteiger partial charge in [-0.15, -0.1) is 0 Å². The summed E-state index contributed by atoms with van der Waals surface area (Å²) in [6.07, 6.45) is 28.4. The maximum Gasteiger partial charge on any atom is 0.308 e. The molecule has 0 N–H and O–H groups in total. The second kappa shape index (κ2) is 24.7. The molecule has 0 fully saturated rings. The van der Waals surface area contributed by atoms with Crippen molar-refractivity contribution < 1.29 is 9.53 Å². The normalized spacial score (nSPS) is 12.2. The Morgan fingerprint density at radius 3 is 1.33 bits per heavy atom. The first-order valence-electron chi connectivity index (χ1n) is 13.9. The molecule has 0 spiro atoms. The minimum absolute atomic E-state index is 0.0784. The van der Waals surface area contributed by atoms with Crippen LogP contribution in [0.4, 0.5) is 0 Å². The first-order valence-corrected chi connectivity index (χ1v) is 13.9. The topological polar surface area (TPSA) is 26.3 Å². The quantitative estimate of drug-likeness (QED) is 0.114. The monoisotopic (exact) mass is 424 g/mol. The molecule has 0 aliphatic carbocycles. The fourth-order valence-electron chi connectivity index (χ4n) is 4.24. The zero-order valence-corrected chi connectivity index (χ0v) is 21.2. The highest BCUT2D eigenvalue weighted by Gasteiger charge is 2.18. The Bertz CT molecular complexity index is 340. The molecular formula is C28H56O2. The Hall–Kier alpha value is -0.530. The number of hydrogen-bond acceptors (Lipinski definition) is 2. The van der Waals surface area contributed by atoms with Crippen molar-refractivity contribution in [3.05, 3.63) is 0 Å². The SMILES string of the molecule is CCCCCCCCCCCCCCCCOC(=O)C(CCCC)CCCCCC. The van der Waals surface area contributed by atoms with Gasteiger partial charge in [0.1, 0.15) is 0 Å². The van der Waals surface area contributed by atoms with Crippen LogP contribution in [0, 0.1) is 5.92 Å².